The van der Waals surface area contributed by atoms with Crippen LogP contribution in [0.2, 0.25) is 5.02 Å². The second-order valence-electron chi connectivity index (χ2n) is 5.86. The molecule has 0 fully saturated rings. The van der Waals surface area contributed by atoms with Gasteiger partial charge in [-0.05, 0) is 34.4 Å². The molecular weight excluding hydrogens is 372 g/mol. The Hall–Kier alpha value is -3.64. The molecule has 3 aromatic carbocycles. The third-order valence-electron chi connectivity index (χ3n) is 3.81. The van der Waals surface area contributed by atoms with Gasteiger partial charge >= 0.3 is 0 Å². The van der Waals surface area contributed by atoms with Gasteiger partial charge < -0.3 is 11.5 Å². The minimum atomic E-state index is -0.0708. The number of nitrogens with zero attached hydrogens (tertiary/aromatic N) is 3. The van der Waals surface area contributed by atoms with Crippen LogP contribution >= 0.6 is 11.6 Å². The largest absolute Gasteiger partial charge is 0.369 e. The lowest BCUT2D eigenvalue weighted by atomic mass is 10.0. The van der Waals surface area contributed by atoms with Crippen molar-refractivity contribution < 1.29 is 0 Å². The molecule has 7 heteroatoms. The summed E-state index contributed by atoms with van der Waals surface area (Å²) in [5.41, 5.74) is 18.2. The van der Waals surface area contributed by atoms with E-state index in [1.54, 1.807) is 12.4 Å². The van der Waals surface area contributed by atoms with E-state index in [0.717, 1.165) is 27.9 Å². The van der Waals surface area contributed by atoms with Gasteiger partial charge in [0.05, 0.1) is 23.1 Å². The maximum atomic E-state index is 6.09. The van der Waals surface area contributed by atoms with Crippen molar-refractivity contribution >= 4 is 35.7 Å². The second-order valence-corrected chi connectivity index (χ2v) is 6.27. The van der Waals surface area contributed by atoms with E-state index in [1.165, 1.54) is 0 Å². The molecule has 28 heavy (non-hydrogen) atoms. The van der Waals surface area contributed by atoms with E-state index in [4.69, 9.17) is 23.1 Å². The van der Waals surface area contributed by atoms with Crippen LogP contribution in [0.5, 0.6) is 0 Å². The quantitative estimate of drug-likeness (QED) is 0.336. The highest BCUT2D eigenvalue weighted by Gasteiger charge is 1.99. The van der Waals surface area contributed by atoms with Gasteiger partial charge in [-0.3, -0.25) is 5.43 Å². The Balaban J connectivity index is 1.64. The number of hydrogen-bond acceptors (Lipinski definition) is 4. The summed E-state index contributed by atoms with van der Waals surface area (Å²) in [7, 11) is 0. The van der Waals surface area contributed by atoms with E-state index in [-0.39, 0.29) is 5.96 Å². The zero-order chi connectivity index (χ0) is 19.8. The van der Waals surface area contributed by atoms with E-state index in [0.29, 0.717) is 5.02 Å². The van der Waals surface area contributed by atoms with Gasteiger partial charge in [-0.15, -0.1) is 5.10 Å². The fourth-order valence-corrected chi connectivity index (χ4v) is 2.59. The second kappa shape index (κ2) is 9.34. The number of halogens is 1. The highest BCUT2D eigenvalue weighted by molar-refractivity contribution is 6.33. The summed E-state index contributed by atoms with van der Waals surface area (Å²) < 4.78 is 0. The number of nitrogens with one attached hydrogen (secondary N) is 1. The van der Waals surface area contributed by atoms with Crippen LogP contribution in [0.1, 0.15) is 11.1 Å². The summed E-state index contributed by atoms with van der Waals surface area (Å²) in [5, 5.41) is 12.2. The topological polar surface area (TPSA) is 101 Å². The SMILES string of the molecule is NC(N)=NN=Cc1ccc(-c2ccc(C=NNc3ccccc3Cl)cc2)cc1. The Kier molecular flexibility index (Phi) is 6.38. The summed E-state index contributed by atoms with van der Waals surface area (Å²) in [6, 6.07) is 23.5. The minimum absolute atomic E-state index is 0.0708. The molecule has 0 aromatic heterocycles. The third kappa shape index (κ3) is 5.43. The summed E-state index contributed by atoms with van der Waals surface area (Å²) in [6.07, 6.45) is 3.34. The maximum absolute atomic E-state index is 6.09. The van der Waals surface area contributed by atoms with E-state index < -0.39 is 0 Å². The first-order valence-corrected chi connectivity index (χ1v) is 8.86. The molecule has 6 nitrogen and oxygen atoms in total. The molecule has 0 aliphatic heterocycles. The zero-order valence-electron chi connectivity index (χ0n) is 15.0. The number of para-hydroxylation sites is 1. The minimum Gasteiger partial charge on any atom is -0.369 e. The number of hydrogen-bond donors (Lipinski definition) is 3. The summed E-state index contributed by atoms with van der Waals surface area (Å²) in [4.78, 5) is 0. The number of anilines is 1. The molecule has 0 aliphatic rings. The average molecular weight is 391 g/mol. The van der Waals surface area contributed by atoms with Crippen LogP contribution < -0.4 is 16.9 Å². The fraction of sp³-hybridized carbons (Fsp3) is 0. The first kappa shape index (κ1) is 19.1. The number of hydrazone groups is 1. The van der Waals surface area contributed by atoms with Gasteiger partial charge in [0, 0.05) is 0 Å². The van der Waals surface area contributed by atoms with Crippen molar-refractivity contribution in [2.75, 3.05) is 5.43 Å². The lowest BCUT2D eigenvalue weighted by Crippen LogP contribution is -2.21. The van der Waals surface area contributed by atoms with E-state index in [9.17, 15) is 0 Å². The highest BCUT2D eigenvalue weighted by atomic mass is 35.5. The summed E-state index contributed by atoms with van der Waals surface area (Å²) in [6.45, 7) is 0. The predicted molar refractivity (Wildman–Crippen MR) is 118 cm³/mol. The maximum Gasteiger partial charge on any atom is 0.211 e. The van der Waals surface area contributed by atoms with Crippen LogP contribution in [0, 0.1) is 0 Å². The molecule has 0 aliphatic carbocycles. The fourth-order valence-electron chi connectivity index (χ4n) is 2.41. The Morgan fingerprint density at radius 2 is 1.36 bits per heavy atom. The Bertz CT molecular complexity index is 1000. The van der Waals surface area contributed by atoms with Gasteiger partial charge in [0.1, 0.15) is 0 Å². The van der Waals surface area contributed by atoms with Gasteiger partial charge in [-0.25, -0.2) is 0 Å². The predicted octanol–water partition coefficient (Wildman–Crippen LogP) is 4.06. The molecule has 0 saturated heterocycles. The standard InChI is InChI=1S/C21H19ClN6/c22-19-3-1-2-4-20(19)27-25-13-15-5-9-17(10-6-15)18-11-7-16(8-12-18)14-26-28-21(23)24/h1-14,27H,(H4,23,24,28). The monoisotopic (exact) mass is 390 g/mol. The normalized spacial score (nSPS) is 11.0. The molecule has 0 atom stereocenters. The van der Waals surface area contributed by atoms with Crippen molar-refractivity contribution in [3.05, 3.63) is 88.9 Å². The lowest BCUT2D eigenvalue weighted by molar-refractivity contribution is 1.21. The van der Waals surface area contributed by atoms with E-state index in [1.807, 2.05) is 72.8 Å². The van der Waals surface area contributed by atoms with Crippen LogP contribution in [0.25, 0.3) is 11.1 Å². The Morgan fingerprint density at radius 1 is 0.786 bits per heavy atom. The molecule has 140 valence electrons. The van der Waals surface area contributed by atoms with Crippen molar-refractivity contribution in [1.29, 1.82) is 0 Å². The molecule has 3 rings (SSSR count). The summed E-state index contributed by atoms with van der Waals surface area (Å²) in [5.74, 6) is -0.0708. The van der Waals surface area contributed by atoms with Crippen molar-refractivity contribution in [1.82, 2.24) is 0 Å². The molecule has 0 heterocycles. The van der Waals surface area contributed by atoms with Crippen LogP contribution in [-0.2, 0) is 0 Å². The molecular formula is C21H19ClN6. The van der Waals surface area contributed by atoms with Gasteiger partial charge in [-0.2, -0.15) is 10.2 Å². The van der Waals surface area contributed by atoms with Crippen molar-refractivity contribution in [2.24, 2.45) is 26.8 Å². The van der Waals surface area contributed by atoms with Gasteiger partial charge in [0.15, 0.2) is 0 Å². The first-order chi connectivity index (χ1) is 13.6. The van der Waals surface area contributed by atoms with Crippen LogP contribution in [0.15, 0.2) is 88.1 Å². The Labute approximate surface area is 168 Å². The number of guanidine groups is 1. The van der Waals surface area contributed by atoms with Crippen LogP contribution in [-0.4, -0.2) is 18.4 Å². The number of nitrogens with two attached hydrogens (primary N) is 2. The average Bonchev–Trinajstić information content (AvgIpc) is 2.70. The van der Waals surface area contributed by atoms with Crippen LogP contribution in [0.3, 0.4) is 0 Å². The molecule has 5 N–H and O–H groups in total. The molecule has 0 radical (unpaired) electrons. The molecule has 0 unspecified atom stereocenters. The van der Waals surface area contributed by atoms with Gasteiger partial charge in [-0.1, -0.05) is 72.3 Å². The van der Waals surface area contributed by atoms with E-state index in [2.05, 4.69) is 20.7 Å². The van der Waals surface area contributed by atoms with Crippen molar-refractivity contribution in [3.63, 3.8) is 0 Å². The van der Waals surface area contributed by atoms with Crippen molar-refractivity contribution in [2.45, 2.75) is 0 Å². The smallest absolute Gasteiger partial charge is 0.211 e. The molecule has 0 bridgehead atoms. The zero-order valence-corrected chi connectivity index (χ0v) is 15.7. The number of benzene rings is 3. The molecule has 0 saturated carbocycles. The van der Waals surface area contributed by atoms with Gasteiger partial charge in [0.25, 0.3) is 0 Å². The lowest BCUT2D eigenvalue weighted by Gasteiger charge is -2.04. The molecule has 3 aromatic rings. The molecule has 0 amide bonds. The first-order valence-electron chi connectivity index (χ1n) is 8.48. The van der Waals surface area contributed by atoms with E-state index >= 15 is 0 Å². The Morgan fingerprint density at radius 3 is 1.93 bits per heavy atom. The number of rotatable bonds is 6. The third-order valence-corrected chi connectivity index (χ3v) is 4.14. The molecule has 0 spiro atoms. The van der Waals surface area contributed by atoms with Crippen LogP contribution in [0.4, 0.5) is 5.69 Å². The van der Waals surface area contributed by atoms with Crippen molar-refractivity contribution in [3.8, 4) is 11.1 Å². The summed E-state index contributed by atoms with van der Waals surface area (Å²) >= 11 is 6.09. The highest BCUT2D eigenvalue weighted by Crippen LogP contribution is 2.21. The van der Waals surface area contributed by atoms with Gasteiger partial charge in [0.2, 0.25) is 5.96 Å².